The lowest BCUT2D eigenvalue weighted by atomic mass is 10.0. The minimum atomic E-state index is -0.138. The molecule has 0 radical (unpaired) electrons. The van der Waals surface area contributed by atoms with Crippen LogP contribution in [0, 0.1) is 5.82 Å². The first kappa shape index (κ1) is 26.1. The van der Waals surface area contributed by atoms with Gasteiger partial charge < -0.3 is 0 Å². The second-order valence-electron chi connectivity index (χ2n) is 5.57. The summed E-state index contributed by atoms with van der Waals surface area (Å²) in [5.74, 6) is 0.718. The van der Waals surface area contributed by atoms with Crippen LogP contribution in [0.4, 0.5) is 4.39 Å². The number of thioether (sulfide) groups is 1. The number of aliphatic imine (C=N–C) groups is 1. The molecule has 0 saturated heterocycles. The maximum Gasteiger partial charge on any atom is 0.127 e. The first-order valence-corrected chi connectivity index (χ1v) is 11.3. The van der Waals surface area contributed by atoms with E-state index in [0.29, 0.717) is 6.54 Å². The molecule has 1 nitrogen and oxygen atoms in total. The van der Waals surface area contributed by atoms with Crippen LogP contribution >= 0.6 is 11.8 Å². The Labute approximate surface area is 176 Å². The van der Waals surface area contributed by atoms with Gasteiger partial charge in [-0.1, -0.05) is 88.4 Å². The van der Waals surface area contributed by atoms with Crippen molar-refractivity contribution < 1.29 is 4.39 Å². The average molecular weight is 402 g/mol. The van der Waals surface area contributed by atoms with Crippen LogP contribution in [0.15, 0.2) is 77.4 Å². The van der Waals surface area contributed by atoms with E-state index in [1.165, 1.54) is 6.07 Å². The van der Waals surface area contributed by atoms with Crippen LogP contribution < -0.4 is 0 Å². The number of rotatable bonds is 3. The molecule has 1 heterocycles. The minimum Gasteiger partial charge on any atom is -0.285 e. The molecule has 1 aliphatic heterocycles. The molecule has 1 aromatic rings. The van der Waals surface area contributed by atoms with Crippen molar-refractivity contribution in [1.29, 1.82) is 0 Å². The predicted octanol–water partition coefficient (Wildman–Crippen LogP) is 8.13. The number of allylic oxidation sites excluding steroid dienone is 6. The van der Waals surface area contributed by atoms with Gasteiger partial charge in [0.2, 0.25) is 0 Å². The van der Waals surface area contributed by atoms with Crippen LogP contribution in [0.2, 0.25) is 0 Å². The van der Waals surface area contributed by atoms with E-state index in [9.17, 15) is 4.39 Å². The van der Waals surface area contributed by atoms with Gasteiger partial charge in [0.25, 0.3) is 0 Å². The van der Waals surface area contributed by atoms with Crippen molar-refractivity contribution in [3.8, 4) is 0 Å². The third-order valence-electron chi connectivity index (χ3n) is 3.79. The smallest absolute Gasteiger partial charge is 0.127 e. The molecule has 1 atom stereocenters. The Kier molecular flexibility index (Phi) is 16.1. The van der Waals surface area contributed by atoms with Crippen LogP contribution in [0.1, 0.15) is 58.8 Å². The molecule has 1 aromatic carbocycles. The first-order chi connectivity index (χ1) is 13.7. The van der Waals surface area contributed by atoms with Crippen molar-refractivity contribution >= 4 is 17.5 Å². The normalized spacial score (nSPS) is 19.9. The number of benzene rings is 1. The van der Waals surface area contributed by atoms with Crippen LogP contribution in [0.5, 0.6) is 0 Å². The molecule has 3 heteroatoms. The quantitative estimate of drug-likeness (QED) is 0.466. The lowest BCUT2D eigenvalue weighted by molar-refractivity contribution is 0.609. The lowest BCUT2D eigenvalue weighted by Crippen LogP contribution is -2.09. The van der Waals surface area contributed by atoms with Crippen molar-refractivity contribution in [2.75, 3.05) is 12.3 Å². The van der Waals surface area contributed by atoms with Crippen LogP contribution in [0.3, 0.4) is 0 Å². The molecule has 1 aliphatic rings. The van der Waals surface area contributed by atoms with E-state index < -0.39 is 0 Å². The lowest BCUT2D eigenvalue weighted by Gasteiger charge is -2.19. The number of halogens is 1. The van der Waals surface area contributed by atoms with Gasteiger partial charge in [0.15, 0.2) is 0 Å². The summed E-state index contributed by atoms with van der Waals surface area (Å²) in [5, 5.41) is 0.0571. The average Bonchev–Trinajstić information content (AvgIpc) is 2.80. The number of hydrogen-bond donors (Lipinski definition) is 0. The fourth-order valence-corrected chi connectivity index (χ4v) is 3.57. The predicted molar refractivity (Wildman–Crippen MR) is 128 cm³/mol. The maximum absolute atomic E-state index is 14.3. The Morgan fingerprint density at radius 2 is 1.79 bits per heavy atom. The molecule has 0 saturated carbocycles. The zero-order valence-electron chi connectivity index (χ0n) is 18.3. The summed E-state index contributed by atoms with van der Waals surface area (Å²) in [4.78, 5) is 4.74. The van der Waals surface area contributed by atoms with Gasteiger partial charge in [-0.05, 0) is 25.5 Å². The monoisotopic (exact) mass is 401 g/mol. The highest BCUT2D eigenvalue weighted by Crippen LogP contribution is 2.35. The first-order valence-electron chi connectivity index (χ1n) is 10.2. The van der Waals surface area contributed by atoms with E-state index in [1.807, 2.05) is 77.1 Å². The van der Waals surface area contributed by atoms with E-state index in [1.54, 1.807) is 17.8 Å². The molecular formula is C25H36FNS. The molecule has 0 fully saturated rings. The molecular weight excluding hydrogens is 365 g/mol. The van der Waals surface area contributed by atoms with E-state index in [0.717, 1.165) is 29.0 Å². The molecule has 0 aliphatic carbocycles. The van der Waals surface area contributed by atoms with Gasteiger partial charge >= 0.3 is 0 Å². The Balaban J connectivity index is 0.00000171. The summed E-state index contributed by atoms with van der Waals surface area (Å²) in [7, 11) is 0. The molecule has 0 aromatic heterocycles. The molecule has 0 amide bonds. The summed E-state index contributed by atoms with van der Waals surface area (Å²) in [6.07, 6.45) is 15.0. The summed E-state index contributed by atoms with van der Waals surface area (Å²) in [6.45, 7) is 12.7. The van der Waals surface area contributed by atoms with E-state index >= 15 is 0 Å². The van der Waals surface area contributed by atoms with E-state index in [2.05, 4.69) is 19.1 Å². The number of nitrogens with zero attached hydrogens (tertiary/aromatic N) is 1. The summed E-state index contributed by atoms with van der Waals surface area (Å²) in [6, 6.07) is 7.07. The van der Waals surface area contributed by atoms with Gasteiger partial charge in [0, 0.05) is 28.7 Å². The standard InChI is InChI=1S/C21H24FNS.2C2H6/c1-3-4-11-17(2)20-16-21(18-12-7-8-13-19(18)22)24-15-10-6-5-9-14-23-20;2*1-2/h3-13,21H,14-16H2,1-2H3;2*1-2H3/b4-3-,9-5-,10-6-,17-11+,23-20?;;. The molecule has 0 spiro atoms. The largest absolute Gasteiger partial charge is 0.285 e. The second kappa shape index (κ2) is 17.2. The van der Waals surface area contributed by atoms with Crippen molar-refractivity contribution in [3.63, 3.8) is 0 Å². The third-order valence-corrected chi connectivity index (χ3v) is 5.00. The minimum absolute atomic E-state index is 0.0571. The van der Waals surface area contributed by atoms with E-state index in [4.69, 9.17) is 4.99 Å². The fourth-order valence-electron chi connectivity index (χ4n) is 2.47. The maximum atomic E-state index is 14.3. The Morgan fingerprint density at radius 3 is 2.46 bits per heavy atom. The molecule has 1 unspecified atom stereocenters. The highest BCUT2D eigenvalue weighted by molar-refractivity contribution is 7.99. The summed E-state index contributed by atoms with van der Waals surface area (Å²) in [5.41, 5.74) is 2.94. The van der Waals surface area contributed by atoms with Gasteiger partial charge in [-0.25, -0.2) is 4.39 Å². The molecule has 28 heavy (non-hydrogen) atoms. The summed E-state index contributed by atoms with van der Waals surface area (Å²) < 4.78 is 14.3. The topological polar surface area (TPSA) is 12.4 Å². The van der Waals surface area contributed by atoms with Crippen LogP contribution in [-0.4, -0.2) is 18.0 Å². The second-order valence-corrected chi connectivity index (χ2v) is 6.80. The van der Waals surface area contributed by atoms with Gasteiger partial charge in [0.05, 0.1) is 6.54 Å². The van der Waals surface area contributed by atoms with Crippen molar-refractivity contribution in [2.24, 2.45) is 4.99 Å². The molecule has 2 rings (SSSR count). The Hall–Kier alpha value is -1.87. The van der Waals surface area contributed by atoms with Crippen molar-refractivity contribution in [2.45, 2.75) is 53.2 Å². The molecule has 0 N–H and O–H groups in total. The highest BCUT2D eigenvalue weighted by Gasteiger charge is 2.19. The highest BCUT2D eigenvalue weighted by atomic mass is 32.2. The number of hydrogen-bond acceptors (Lipinski definition) is 2. The Bertz CT molecular complexity index is 684. The van der Waals surface area contributed by atoms with Gasteiger partial charge in [-0.2, -0.15) is 0 Å². The molecule has 154 valence electrons. The van der Waals surface area contributed by atoms with E-state index in [-0.39, 0.29) is 11.1 Å². The van der Waals surface area contributed by atoms with Gasteiger partial charge in [0.1, 0.15) is 5.82 Å². The zero-order chi connectivity index (χ0) is 21.2. The summed E-state index contributed by atoms with van der Waals surface area (Å²) >= 11 is 1.75. The van der Waals surface area contributed by atoms with Crippen LogP contribution in [-0.2, 0) is 0 Å². The van der Waals surface area contributed by atoms with Crippen molar-refractivity contribution in [1.82, 2.24) is 0 Å². The van der Waals surface area contributed by atoms with Crippen LogP contribution in [0.25, 0.3) is 0 Å². The fraction of sp³-hybridized carbons (Fsp3) is 0.400. The zero-order valence-corrected chi connectivity index (χ0v) is 19.1. The van der Waals surface area contributed by atoms with Gasteiger partial charge in [-0.15, -0.1) is 11.8 Å². The SMILES string of the molecule is C/C=C\C=C(/C)C1=NC/C=C\C=C/CSC(c2ccccc2F)C1.CC.CC. The van der Waals surface area contributed by atoms with Crippen molar-refractivity contribution in [3.05, 3.63) is 83.8 Å². The Morgan fingerprint density at radius 1 is 1.11 bits per heavy atom. The van der Waals surface area contributed by atoms with Gasteiger partial charge in [-0.3, -0.25) is 4.99 Å². The third kappa shape index (κ3) is 9.89. The molecule has 0 bridgehead atoms.